The van der Waals surface area contributed by atoms with Crippen molar-refractivity contribution in [3.63, 3.8) is 0 Å². The van der Waals surface area contributed by atoms with Crippen LogP contribution in [0.4, 0.5) is 4.79 Å². The third kappa shape index (κ3) is 6.37. The quantitative estimate of drug-likeness (QED) is 0.605. The summed E-state index contributed by atoms with van der Waals surface area (Å²) in [5, 5.41) is 2.55. The summed E-state index contributed by atoms with van der Waals surface area (Å²) in [6.45, 7) is 2.39. The molecule has 8 nitrogen and oxygen atoms in total. The van der Waals surface area contributed by atoms with Crippen molar-refractivity contribution < 1.29 is 23.5 Å². The fourth-order valence-electron chi connectivity index (χ4n) is 3.09. The Morgan fingerprint density at radius 3 is 2.50 bits per heavy atom. The fraction of sp³-hybridized carbons (Fsp3) is 0.409. The standard InChI is InChI=1S/C22H27N3O5/c1-2-29-21(27)13-23-22(28)25(18-10-11-18)16-20(26)24(15-19-9-6-12-30-19)14-17-7-4-3-5-8-17/h3-9,12,18H,2,10-11,13-16H2,1H3,(H,23,28). The zero-order chi connectivity index (χ0) is 21.3. The number of carbonyl (C=O) groups is 3. The molecule has 0 aliphatic heterocycles. The van der Waals surface area contributed by atoms with Crippen LogP contribution in [0.2, 0.25) is 0 Å². The Hall–Kier alpha value is -3.29. The van der Waals surface area contributed by atoms with E-state index >= 15 is 0 Å². The first-order valence-corrected chi connectivity index (χ1v) is 10.1. The summed E-state index contributed by atoms with van der Waals surface area (Å²) in [4.78, 5) is 40.4. The Bertz CT molecular complexity index is 834. The lowest BCUT2D eigenvalue weighted by atomic mass is 10.2. The molecule has 160 valence electrons. The number of ether oxygens (including phenoxy) is 1. The molecule has 0 radical (unpaired) electrons. The lowest BCUT2D eigenvalue weighted by Crippen LogP contribution is -2.48. The maximum absolute atomic E-state index is 13.1. The van der Waals surface area contributed by atoms with Gasteiger partial charge in [0.2, 0.25) is 5.91 Å². The molecule has 1 aliphatic rings. The highest BCUT2D eigenvalue weighted by atomic mass is 16.5. The number of urea groups is 1. The van der Waals surface area contributed by atoms with Gasteiger partial charge in [-0.1, -0.05) is 30.3 Å². The molecule has 0 saturated heterocycles. The van der Waals surface area contributed by atoms with Crippen LogP contribution in [0, 0.1) is 0 Å². The average Bonchev–Trinajstić information content (AvgIpc) is 3.46. The smallest absolute Gasteiger partial charge is 0.325 e. The molecule has 1 N–H and O–H groups in total. The molecule has 3 amide bonds. The Morgan fingerprint density at radius 1 is 1.10 bits per heavy atom. The van der Waals surface area contributed by atoms with E-state index < -0.39 is 12.0 Å². The van der Waals surface area contributed by atoms with Crippen molar-refractivity contribution in [3.05, 3.63) is 60.1 Å². The van der Waals surface area contributed by atoms with Crippen molar-refractivity contribution in [3.8, 4) is 0 Å². The van der Waals surface area contributed by atoms with Gasteiger partial charge in [0.25, 0.3) is 0 Å². The van der Waals surface area contributed by atoms with Crippen LogP contribution in [0.5, 0.6) is 0 Å². The molecule has 0 bridgehead atoms. The molecule has 1 saturated carbocycles. The highest BCUT2D eigenvalue weighted by Crippen LogP contribution is 2.27. The van der Waals surface area contributed by atoms with E-state index in [1.165, 1.54) is 4.90 Å². The third-order valence-corrected chi connectivity index (χ3v) is 4.74. The van der Waals surface area contributed by atoms with Crippen molar-refractivity contribution in [1.82, 2.24) is 15.1 Å². The molecule has 1 fully saturated rings. The molecule has 0 spiro atoms. The highest BCUT2D eigenvalue weighted by molar-refractivity contribution is 5.86. The van der Waals surface area contributed by atoms with Gasteiger partial charge in [-0.25, -0.2) is 4.79 Å². The van der Waals surface area contributed by atoms with Gasteiger partial charge in [-0.3, -0.25) is 9.59 Å². The minimum absolute atomic E-state index is 0.0123. The lowest BCUT2D eigenvalue weighted by molar-refractivity contribution is -0.141. The van der Waals surface area contributed by atoms with Crippen molar-refractivity contribution >= 4 is 17.9 Å². The number of hydrogen-bond donors (Lipinski definition) is 1. The first kappa shape index (κ1) is 21.4. The summed E-state index contributed by atoms with van der Waals surface area (Å²) >= 11 is 0. The van der Waals surface area contributed by atoms with E-state index in [2.05, 4.69) is 5.32 Å². The third-order valence-electron chi connectivity index (χ3n) is 4.74. The van der Waals surface area contributed by atoms with Crippen LogP contribution in [0.1, 0.15) is 31.1 Å². The van der Waals surface area contributed by atoms with Gasteiger partial charge in [0, 0.05) is 12.6 Å². The maximum atomic E-state index is 13.1. The fourth-order valence-corrected chi connectivity index (χ4v) is 3.09. The second-order valence-corrected chi connectivity index (χ2v) is 7.14. The van der Waals surface area contributed by atoms with Crippen molar-refractivity contribution in [1.29, 1.82) is 0 Å². The molecular formula is C22H27N3O5. The molecule has 0 unspecified atom stereocenters. The van der Waals surface area contributed by atoms with Gasteiger partial charge in [-0.15, -0.1) is 0 Å². The number of amides is 3. The molecule has 1 aromatic heterocycles. The Balaban J connectivity index is 1.65. The van der Waals surface area contributed by atoms with E-state index in [1.807, 2.05) is 36.4 Å². The van der Waals surface area contributed by atoms with Gasteiger partial charge >= 0.3 is 12.0 Å². The van der Waals surface area contributed by atoms with Gasteiger partial charge < -0.3 is 24.3 Å². The van der Waals surface area contributed by atoms with E-state index in [0.29, 0.717) is 18.8 Å². The summed E-state index contributed by atoms with van der Waals surface area (Å²) in [6, 6.07) is 12.8. The van der Waals surface area contributed by atoms with Crippen LogP contribution in [0.25, 0.3) is 0 Å². The number of rotatable bonds is 10. The van der Waals surface area contributed by atoms with E-state index in [9.17, 15) is 14.4 Å². The molecule has 1 aliphatic carbocycles. The molecule has 1 aromatic carbocycles. The van der Waals surface area contributed by atoms with Crippen LogP contribution in [-0.4, -0.2) is 53.4 Å². The van der Waals surface area contributed by atoms with Crippen LogP contribution < -0.4 is 5.32 Å². The minimum Gasteiger partial charge on any atom is -0.467 e. The maximum Gasteiger partial charge on any atom is 0.325 e. The Labute approximate surface area is 175 Å². The number of furan rings is 1. The van der Waals surface area contributed by atoms with E-state index in [-0.39, 0.29) is 31.6 Å². The molecule has 3 rings (SSSR count). The van der Waals surface area contributed by atoms with Crippen LogP contribution in [0.15, 0.2) is 53.1 Å². The number of nitrogens with one attached hydrogen (secondary N) is 1. The summed E-state index contributed by atoms with van der Waals surface area (Å²) in [6.07, 6.45) is 3.26. The molecule has 8 heteroatoms. The SMILES string of the molecule is CCOC(=O)CNC(=O)N(CC(=O)N(Cc1ccccc1)Cc1ccco1)C1CC1. The normalized spacial score (nSPS) is 12.8. The van der Waals surface area contributed by atoms with Gasteiger partial charge in [0.15, 0.2) is 0 Å². The summed E-state index contributed by atoms with van der Waals surface area (Å²) in [5.41, 5.74) is 0.988. The molecule has 2 aromatic rings. The first-order valence-electron chi connectivity index (χ1n) is 10.1. The predicted molar refractivity (Wildman–Crippen MR) is 109 cm³/mol. The van der Waals surface area contributed by atoms with E-state index in [0.717, 1.165) is 18.4 Å². The van der Waals surface area contributed by atoms with Gasteiger partial charge in [0.05, 0.1) is 19.4 Å². The highest BCUT2D eigenvalue weighted by Gasteiger charge is 2.35. The number of nitrogens with zero attached hydrogens (tertiary/aromatic N) is 2. The van der Waals surface area contributed by atoms with Gasteiger partial charge in [-0.2, -0.15) is 0 Å². The van der Waals surface area contributed by atoms with Gasteiger partial charge in [0.1, 0.15) is 18.8 Å². The van der Waals surface area contributed by atoms with Crippen molar-refractivity contribution in [2.24, 2.45) is 0 Å². The number of carbonyl (C=O) groups excluding carboxylic acids is 3. The topological polar surface area (TPSA) is 92.1 Å². The van der Waals surface area contributed by atoms with Crippen molar-refractivity contribution in [2.75, 3.05) is 19.7 Å². The second-order valence-electron chi connectivity index (χ2n) is 7.14. The van der Waals surface area contributed by atoms with Crippen molar-refractivity contribution in [2.45, 2.75) is 38.9 Å². The average molecular weight is 413 g/mol. The zero-order valence-corrected chi connectivity index (χ0v) is 17.1. The summed E-state index contributed by atoms with van der Waals surface area (Å²) in [5.74, 6) is -0.0195. The van der Waals surface area contributed by atoms with E-state index in [1.54, 1.807) is 24.2 Å². The van der Waals surface area contributed by atoms with Gasteiger partial charge in [-0.05, 0) is 37.5 Å². The zero-order valence-electron chi connectivity index (χ0n) is 17.1. The number of hydrogen-bond acceptors (Lipinski definition) is 5. The summed E-state index contributed by atoms with van der Waals surface area (Å²) in [7, 11) is 0. The number of benzene rings is 1. The number of esters is 1. The molecular weight excluding hydrogens is 386 g/mol. The second kappa shape index (κ2) is 10.5. The van der Waals surface area contributed by atoms with E-state index in [4.69, 9.17) is 9.15 Å². The Morgan fingerprint density at radius 2 is 1.87 bits per heavy atom. The van der Waals surface area contributed by atoms with Crippen LogP contribution in [-0.2, 0) is 27.4 Å². The van der Waals surface area contributed by atoms with Crippen LogP contribution in [0.3, 0.4) is 0 Å². The largest absolute Gasteiger partial charge is 0.467 e. The minimum atomic E-state index is -0.503. The first-order chi connectivity index (χ1) is 14.6. The van der Waals surface area contributed by atoms with Crippen LogP contribution >= 0.6 is 0 Å². The summed E-state index contributed by atoms with van der Waals surface area (Å²) < 4.78 is 10.2. The lowest BCUT2D eigenvalue weighted by Gasteiger charge is -2.27. The molecule has 1 heterocycles. The molecule has 0 atom stereocenters. The Kier molecular flexibility index (Phi) is 7.48. The monoisotopic (exact) mass is 413 g/mol. The molecule has 30 heavy (non-hydrogen) atoms. The predicted octanol–water partition coefficient (Wildman–Crippen LogP) is 2.55.